The molecule has 1 atom stereocenters. The summed E-state index contributed by atoms with van der Waals surface area (Å²) >= 11 is 6.09. The standard InChI is InChI=1S/C15H16ClNO3/c1-9-12(4-3-5-13(9)16)14-7-6-11(20-14)8-17-10(2)15(18)19/h3-7,10,17H,8H2,1-2H3,(H,18,19)/t10-/m1/s1. The lowest BCUT2D eigenvalue weighted by Gasteiger charge is -2.07. The number of nitrogens with one attached hydrogen (secondary N) is 1. The van der Waals surface area contributed by atoms with Crippen molar-refractivity contribution in [2.45, 2.75) is 26.4 Å². The predicted octanol–water partition coefficient (Wildman–Crippen LogP) is 3.47. The Kier molecular flexibility index (Phi) is 4.47. The van der Waals surface area contributed by atoms with Crippen LogP contribution in [0.1, 0.15) is 18.2 Å². The van der Waals surface area contributed by atoms with E-state index in [1.165, 1.54) is 0 Å². The van der Waals surface area contributed by atoms with Crippen molar-refractivity contribution in [3.05, 3.63) is 46.7 Å². The molecule has 20 heavy (non-hydrogen) atoms. The van der Waals surface area contributed by atoms with Crippen molar-refractivity contribution >= 4 is 17.6 Å². The van der Waals surface area contributed by atoms with Gasteiger partial charge in [0, 0.05) is 10.6 Å². The molecule has 0 fully saturated rings. The minimum absolute atomic E-state index is 0.368. The van der Waals surface area contributed by atoms with Gasteiger partial charge in [0.1, 0.15) is 17.6 Å². The fourth-order valence-electron chi connectivity index (χ4n) is 1.83. The molecule has 5 heteroatoms. The first-order valence-corrected chi connectivity index (χ1v) is 6.67. The number of carboxylic acids is 1. The molecule has 2 rings (SSSR count). The van der Waals surface area contributed by atoms with E-state index in [0.717, 1.165) is 16.9 Å². The summed E-state index contributed by atoms with van der Waals surface area (Å²) in [5.74, 6) is 0.528. The van der Waals surface area contributed by atoms with Crippen LogP contribution in [0.4, 0.5) is 0 Å². The van der Waals surface area contributed by atoms with E-state index in [9.17, 15) is 4.79 Å². The summed E-state index contributed by atoms with van der Waals surface area (Å²) in [6, 6.07) is 8.73. The Labute approximate surface area is 122 Å². The fraction of sp³-hybridized carbons (Fsp3) is 0.267. The highest BCUT2D eigenvalue weighted by Gasteiger charge is 2.12. The molecule has 0 saturated carbocycles. The number of aliphatic carboxylic acids is 1. The smallest absolute Gasteiger partial charge is 0.320 e. The summed E-state index contributed by atoms with van der Waals surface area (Å²) in [4.78, 5) is 10.7. The lowest BCUT2D eigenvalue weighted by atomic mass is 10.1. The highest BCUT2D eigenvalue weighted by Crippen LogP contribution is 2.29. The van der Waals surface area contributed by atoms with Gasteiger partial charge >= 0.3 is 5.97 Å². The molecule has 0 aliphatic carbocycles. The van der Waals surface area contributed by atoms with E-state index >= 15 is 0 Å². The van der Waals surface area contributed by atoms with Crippen LogP contribution >= 0.6 is 11.6 Å². The van der Waals surface area contributed by atoms with E-state index < -0.39 is 12.0 Å². The van der Waals surface area contributed by atoms with E-state index in [-0.39, 0.29) is 0 Å². The maximum atomic E-state index is 10.7. The van der Waals surface area contributed by atoms with Crippen molar-refractivity contribution in [2.75, 3.05) is 0 Å². The lowest BCUT2D eigenvalue weighted by Crippen LogP contribution is -2.32. The zero-order valence-electron chi connectivity index (χ0n) is 11.3. The Balaban J connectivity index is 2.13. The third kappa shape index (κ3) is 3.21. The van der Waals surface area contributed by atoms with E-state index in [4.69, 9.17) is 21.1 Å². The average molecular weight is 294 g/mol. The molecule has 2 N–H and O–H groups in total. The first-order valence-electron chi connectivity index (χ1n) is 6.29. The van der Waals surface area contributed by atoms with E-state index in [2.05, 4.69) is 5.32 Å². The van der Waals surface area contributed by atoms with Gasteiger partial charge in [-0.1, -0.05) is 23.7 Å². The average Bonchev–Trinajstić information content (AvgIpc) is 2.87. The first-order chi connectivity index (χ1) is 9.49. The zero-order chi connectivity index (χ0) is 14.7. The van der Waals surface area contributed by atoms with Crippen molar-refractivity contribution in [3.8, 4) is 11.3 Å². The maximum Gasteiger partial charge on any atom is 0.320 e. The van der Waals surface area contributed by atoms with Crippen molar-refractivity contribution in [3.63, 3.8) is 0 Å². The summed E-state index contributed by atoms with van der Waals surface area (Å²) < 4.78 is 5.72. The summed E-state index contributed by atoms with van der Waals surface area (Å²) in [6.45, 7) is 3.89. The molecular weight excluding hydrogens is 278 g/mol. The molecule has 0 radical (unpaired) electrons. The highest BCUT2D eigenvalue weighted by molar-refractivity contribution is 6.31. The number of hydrogen-bond donors (Lipinski definition) is 2. The summed E-state index contributed by atoms with van der Waals surface area (Å²) in [5, 5.41) is 12.4. The molecule has 2 aromatic rings. The predicted molar refractivity (Wildman–Crippen MR) is 77.8 cm³/mol. The minimum Gasteiger partial charge on any atom is -0.480 e. The first kappa shape index (κ1) is 14.6. The maximum absolute atomic E-state index is 10.7. The minimum atomic E-state index is -0.887. The van der Waals surface area contributed by atoms with E-state index in [1.54, 1.807) is 6.92 Å². The van der Waals surface area contributed by atoms with Gasteiger partial charge in [-0.25, -0.2) is 0 Å². The Bertz CT molecular complexity index is 621. The SMILES string of the molecule is Cc1c(Cl)cccc1-c1ccc(CN[C@H](C)C(=O)O)o1. The molecule has 0 aliphatic rings. The van der Waals surface area contributed by atoms with Gasteiger partial charge in [0.05, 0.1) is 6.54 Å². The van der Waals surface area contributed by atoms with Gasteiger partial charge < -0.3 is 9.52 Å². The summed E-state index contributed by atoms with van der Waals surface area (Å²) in [7, 11) is 0. The molecule has 0 bridgehead atoms. The van der Waals surface area contributed by atoms with E-state index in [0.29, 0.717) is 17.3 Å². The molecule has 1 heterocycles. The van der Waals surface area contributed by atoms with Crippen LogP contribution in [0.25, 0.3) is 11.3 Å². The topological polar surface area (TPSA) is 62.5 Å². The number of benzene rings is 1. The van der Waals surface area contributed by atoms with Crippen molar-refractivity contribution in [2.24, 2.45) is 0 Å². The van der Waals surface area contributed by atoms with Gasteiger partial charge in [-0.15, -0.1) is 0 Å². The Hall–Kier alpha value is -1.78. The normalized spacial score (nSPS) is 12.3. The Morgan fingerprint density at radius 1 is 1.40 bits per heavy atom. The molecular formula is C15H16ClNO3. The number of furan rings is 1. The second-order valence-corrected chi connectivity index (χ2v) is 5.03. The third-order valence-electron chi connectivity index (χ3n) is 3.15. The van der Waals surface area contributed by atoms with Gasteiger partial charge in [0.25, 0.3) is 0 Å². The van der Waals surface area contributed by atoms with Gasteiger partial charge in [0.2, 0.25) is 0 Å². The summed E-state index contributed by atoms with van der Waals surface area (Å²) in [6.07, 6.45) is 0. The van der Waals surface area contributed by atoms with Crippen LogP contribution in [0.15, 0.2) is 34.7 Å². The number of carboxylic acid groups (broad SMARTS) is 1. The quantitative estimate of drug-likeness (QED) is 0.886. The molecule has 0 amide bonds. The molecule has 0 spiro atoms. The van der Waals surface area contributed by atoms with Crippen molar-refractivity contribution in [1.29, 1.82) is 0 Å². The highest BCUT2D eigenvalue weighted by atomic mass is 35.5. The molecule has 1 aromatic heterocycles. The molecule has 0 unspecified atom stereocenters. The van der Waals surface area contributed by atoms with Crippen LogP contribution in [-0.4, -0.2) is 17.1 Å². The van der Waals surface area contributed by atoms with Gasteiger partial charge in [-0.2, -0.15) is 0 Å². The lowest BCUT2D eigenvalue weighted by molar-refractivity contribution is -0.139. The number of carbonyl (C=O) groups is 1. The number of hydrogen-bond acceptors (Lipinski definition) is 3. The fourth-order valence-corrected chi connectivity index (χ4v) is 2.01. The summed E-state index contributed by atoms with van der Waals surface area (Å²) in [5.41, 5.74) is 1.90. The van der Waals surface area contributed by atoms with Crippen LogP contribution in [0.3, 0.4) is 0 Å². The molecule has 1 aromatic carbocycles. The van der Waals surface area contributed by atoms with Gasteiger partial charge in [-0.05, 0) is 37.6 Å². The number of halogens is 1. The van der Waals surface area contributed by atoms with Crippen LogP contribution in [0, 0.1) is 6.92 Å². The molecule has 0 saturated heterocycles. The monoisotopic (exact) mass is 293 g/mol. The largest absolute Gasteiger partial charge is 0.480 e. The van der Waals surface area contributed by atoms with Crippen LogP contribution < -0.4 is 5.32 Å². The Morgan fingerprint density at radius 2 is 2.15 bits per heavy atom. The zero-order valence-corrected chi connectivity index (χ0v) is 12.1. The molecule has 0 aliphatic heterocycles. The second kappa shape index (κ2) is 6.11. The van der Waals surface area contributed by atoms with Gasteiger partial charge in [-0.3, -0.25) is 10.1 Å². The Morgan fingerprint density at radius 3 is 2.85 bits per heavy atom. The van der Waals surface area contributed by atoms with Crippen LogP contribution in [0.2, 0.25) is 5.02 Å². The third-order valence-corrected chi connectivity index (χ3v) is 3.56. The van der Waals surface area contributed by atoms with Gasteiger partial charge in [0.15, 0.2) is 0 Å². The molecule has 106 valence electrons. The van der Waals surface area contributed by atoms with Crippen molar-refractivity contribution < 1.29 is 14.3 Å². The van der Waals surface area contributed by atoms with Crippen molar-refractivity contribution in [1.82, 2.24) is 5.32 Å². The van der Waals surface area contributed by atoms with Crippen LogP contribution in [-0.2, 0) is 11.3 Å². The van der Waals surface area contributed by atoms with E-state index in [1.807, 2.05) is 37.3 Å². The van der Waals surface area contributed by atoms with Crippen LogP contribution in [0.5, 0.6) is 0 Å². The number of rotatable bonds is 5. The second-order valence-electron chi connectivity index (χ2n) is 4.62. The molecule has 4 nitrogen and oxygen atoms in total.